The Bertz CT molecular complexity index is 2410. The molecular weight excluding hydrogens is 589 g/mol. The first-order valence-corrected chi connectivity index (χ1v) is 16.9. The van der Waals surface area contributed by atoms with Crippen molar-refractivity contribution in [2.75, 3.05) is 4.90 Å². The van der Waals surface area contributed by atoms with Crippen LogP contribution in [0.1, 0.15) is 25.0 Å². The Labute approximate surface area is 279 Å². The van der Waals surface area contributed by atoms with E-state index in [4.69, 9.17) is 4.98 Å². The van der Waals surface area contributed by atoms with Gasteiger partial charge in [-0.05, 0) is 105 Å². The molecule has 0 spiro atoms. The van der Waals surface area contributed by atoms with Crippen LogP contribution >= 0.6 is 11.3 Å². The lowest BCUT2D eigenvalue weighted by Crippen LogP contribution is -2.15. The Kier molecular flexibility index (Phi) is 6.38. The molecule has 1 aliphatic carbocycles. The average molecular weight is 621 g/mol. The normalized spacial score (nSPS) is 13.1. The van der Waals surface area contributed by atoms with Gasteiger partial charge in [0.05, 0.1) is 10.2 Å². The van der Waals surface area contributed by atoms with Gasteiger partial charge in [-0.3, -0.25) is 0 Å². The molecule has 47 heavy (non-hydrogen) atoms. The van der Waals surface area contributed by atoms with Gasteiger partial charge in [0.25, 0.3) is 0 Å². The predicted octanol–water partition coefficient (Wildman–Crippen LogP) is 12.6. The van der Waals surface area contributed by atoms with Gasteiger partial charge in [0.2, 0.25) is 0 Å². The van der Waals surface area contributed by atoms with Gasteiger partial charge in [-0.15, -0.1) is 11.3 Å². The number of anilines is 3. The number of nitrogens with zero attached hydrogens (tertiary/aromatic N) is 2. The summed E-state index contributed by atoms with van der Waals surface area (Å²) >= 11 is 1.78. The van der Waals surface area contributed by atoms with Crippen molar-refractivity contribution in [1.29, 1.82) is 0 Å². The second kappa shape index (κ2) is 10.8. The molecule has 0 saturated heterocycles. The first-order valence-electron chi connectivity index (χ1n) is 16.1. The average Bonchev–Trinajstić information content (AvgIpc) is 3.64. The second-order valence-electron chi connectivity index (χ2n) is 12.9. The number of thiazole rings is 1. The van der Waals surface area contributed by atoms with Gasteiger partial charge in [0.15, 0.2) is 0 Å². The van der Waals surface area contributed by atoms with Crippen molar-refractivity contribution in [3.8, 4) is 32.8 Å². The first kappa shape index (κ1) is 27.8. The van der Waals surface area contributed by atoms with Gasteiger partial charge in [-0.25, -0.2) is 4.98 Å². The highest BCUT2D eigenvalue weighted by atomic mass is 32.1. The Hall–Kier alpha value is -5.51. The summed E-state index contributed by atoms with van der Waals surface area (Å²) < 4.78 is 1.23. The quantitative estimate of drug-likeness (QED) is 0.190. The monoisotopic (exact) mass is 620 g/mol. The molecule has 3 heteroatoms. The highest BCUT2D eigenvalue weighted by molar-refractivity contribution is 7.21. The molecule has 0 bridgehead atoms. The minimum absolute atomic E-state index is 0.133. The molecule has 0 unspecified atom stereocenters. The molecular formula is C44H32N2S. The van der Waals surface area contributed by atoms with Gasteiger partial charge < -0.3 is 4.90 Å². The molecule has 0 amide bonds. The first-order chi connectivity index (χ1) is 23.0. The van der Waals surface area contributed by atoms with E-state index in [2.05, 4.69) is 176 Å². The van der Waals surface area contributed by atoms with Crippen LogP contribution in [0, 0.1) is 0 Å². The summed E-state index contributed by atoms with van der Waals surface area (Å²) in [6.45, 7) is 4.71. The topological polar surface area (TPSA) is 16.1 Å². The van der Waals surface area contributed by atoms with Crippen LogP contribution in [0.25, 0.3) is 53.8 Å². The number of fused-ring (bicyclic) bond motifs is 5. The van der Waals surface area contributed by atoms with E-state index in [1.54, 1.807) is 11.3 Å². The second-order valence-corrected chi connectivity index (χ2v) is 13.9. The van der Waals surface area contributed by atoms with E-state index >= 15 is 0 Å². The van der Waals surface area contributed by atoms with E-state index in [1.807, 2.05) is 0 Å². The van der Waals surface area contributed by atoms with Gasteiger partial charge in [-0.1, -0.05) is 111 Å². The van der Waals surface area contributed by atoms with Crippen LogP contribution in [0.3, 0.4) is 0 Å². The zero-order valence-electron chi connectivity index (χ0n) is 26.3. The molecule has 7 aromatic carbocycles. The Morgan fingerprint density at radius 3 is 1.79 bits per heavy atom. The summed E-state index contributed by atoms with van der Waals surface area (Å²) in [7, 11) is 0. The fraction of sp³-hybridized carbons (Fsp3) is 0.0682. The summed E-state index contributed by atoms with van der Waals surface area (Å²) in [6, 6.07) is 57.0. The third-order valence-electron chi connectivity index (χ3n) is 9.65. The van der Waals surface area contributed by atoms with Gasteiger partial charge in [-0.2, -0.15) is 0 Å². The molecule has 9 rings (SSSR count). The summed E-state index contributed by atoms with van der Waals surface area (Å²) in [6.07, 6.45) is 0. The molecule has 0 atom stereocenters. The van der Waals surface area contributed by atoms with E-state index in [0.29, 0.717) is 0 Å². The minimum Gasteiger partial charge on any atom is -0.310 e. The lowest BCUT2D eigenvalue weighted by molar-refractivity contribution is 0.662. The third kappa shape index (κ3) is 4.66. The van der Waals surface area contributed by atoms with Crippen LogP contribution in [0.4, 0.5) is 17.1 Å². The van der Waals surface area contributed by atoms with Crippen LogP contribution in [0.5, 0.6) is 0 Å². The third-order valence-corrected chi connectivity index (χ3v) is 10.7. The number of aromatic nitrogens is 1. The van der Waals surface area contributed by atoms with Crippen LogP contribution < -0.4 is 4.90 Å². The molecule has 0 saturated carbocycles. The highest BCUT2D eigenvalue weighted by Gasteiger charge is 2.36. The van der Waals surface area contributed by atoms with Crippen molar-refractivity contribution in [3.63, 3.8) is 0 Å². The SMILES string of the molecule is CC1(C)c2cc3cc(N(c4ccccc4)c4ccc(-c5ccccc5)cc4)ccc3cc2-c2cc3sc(-c4ccccc4)nc3cc21. The van der Waals surface area contributed by atoms with Crippen molar-refractivity contribution in [2.24, 2.45) is 0 Å². The van der Waals surface area contributed by atoms with Crippen molar-refractivity contribution in [1.82, 2.24) is 4.98 Å². The van der Waals surface area contributed by atoms with E-state index < -0.39 is 0 Å². The maximum absolute atomic E-state index is 5.07. The molecule has 1 aromatic heterocycles. The number of para-hydroxylation sites is 1. The number of hydrogen-bond donors (Lipinski definition) is 0. The molecule has 224 valence electrons. The van der Waals surface area contributed by atoms with E-state index in [0.717, 1.165) is 27.6 Å². The molecule has 1 heterocycles. The zero-order valence-corrected chi connectivity index (χ0v) is 27.1. The molecule has 0 aliphatic heterocycles. The molecule has 8 aromatic rings. The largest absolute Gasteiger partial charge is 0.310 e. The summed E-state index contributed by atoms with van der Waals surface area (Å²) in [5.41, 5.74) is 13.3. The summed E-state index contributed by atoms with van der Waals surface area (Å²) in [5.74, 6) is 0. The van der Waals surface area contributed by atoms with Crippen LogP contribution in [-0.4, -0.2) is 4.98 Å². The molecule has 0 N–H and O–H groups in total. The van der Waals surface area contributed by atoms with Gasteiger partial charge in [0.1, 0.15) is 5.01 Å². The lowest BCUT2D eigenvalue weighted by Gasteiger charge is -2.26. The van der Waals surface area contributed by atoms with E-state index in [-0.39, 0.29) is 5.41 Å². The maximum Gasteiger partial charge on any atom is 0.124 e. The van der Waals surface area contributed by atoms with Gasteiger partial charge >= 0.3 is 0 Å². The summed E-state index contributed by atoms with van der Waals surface area (Å²) in [5, 5.41) is 3.57. The predicted molar refractivity (Wildman–Crippen MR) is 200 cm³/mol. The Balaban J connectivity index is 1.14. The van der Waals surface area contributed by atoms with Crippen LogP contribution in [0.15, 0.2) is 158 Å². The molecule has 0 fully saturated rings. The smallest absolute Gasteiger partial charge is 0.124 e. The highest BCUT2D eigenvalue weighted by Crippen LogP contribution is 2.52. The maximum atomic E-state index is 5.07. The van der Waals surface area contributed by atoms with E-state index in [1.165, 1.54) is 54.4 Å². The molecule has 1 aliphatic rings. The molecule has 0 radical (unpaired) electrons. The standard InChI is InChI=1S/C44H32N2S/c1-44(2)39-26-33-24-36(46(34-16-10-5-11-17-34)35-21-18-30(19-22-35)29-12-6-3-7-13-29)23-20-32(33)25-37(39)38-27-42-41(28-40(38)44)45-43(47-42)31-14-8-4-9-15-31/h3-28H,1-2H3. The fourth-order valence-corrected chi connectivity index (χ4v) is 8.18. The van der Waals surface area contributed by atoms with Crippen LogP contribution in [-0.2, 0) is 5.41 Å². The van der Waals surface area contributed by atoms with E-state index in [9.17, 15) is 0 Å². The van der Waals surface area contributed by atoms with Crippen molar-refractivity contribution in [3.05, 3.63) is 169 Å². The number of hydrogen-bond acceptors (Lipinski definition) is 3. The van der Waals surface area contributed by atoms with Gasteiger partial charge in [0, 0.05) is 28.0 Å². The fourth-order valence-electron chi connectivity index (χ4n) is 7.19. The molecule has 2 nitrogen and oxygen atoms in total. The zero-order chi connectivity index (χ0) is 31.5. The number of benzene rings is 7. The van der Waals surface area contributed by atoms with Crippen molar-refractivity contribution < 1.29 is 0 Å². The van der Waals surface area contributed by atoms with Crippen molar-refractivity contribution in [2.45, 2.75) is 19.3 Å². The number of rotatable bonds is 5. The summed E-state index contributed by atoms with van der Waals surface area (Å²) in [4.78, 5) is 7.42. The lowest BCUT2D eigenvalue weighted by atomic mass is 9.82. The van der Waals surface area contributed by atoms with Crippen LogP contribution in [0.2, 0.25) is 0 Å². The Morgan fingerprint density at radius 2 is 1.06 bits per heavy atom. The van der Waals surface area contributed by atoms with Crippen molar-refractivity contribution >= 4 is 49.4 Å². The minimum atomic E-state index is -0.133. The Morgan fingerprint density at radius 1 is 0.489 bits per heavy atom.